The van der Waals surface area contributed by atoms with Crippen LogP contribution in [0.4, 0.5) is 0 Å². The van der Waals surface area contributed by atoms with Gasteiger partial charge in [-0.1, -0.05) is 78.9 Å². The highest BCUT2D eigenvalue weighted by atomic mass is 32.2. The largest absolute Gasteiger partial charge is 0.376 e. The van der Waals surface area contributed by atoms with E-state index in [1.807, 2.05) is 36.4 Å². The Labute approximate surface area is 154 Å². The van der Waals surface area contributed by atoms with E-state index >= 15 is 0 Å². The molecule has 0 aromatic heterocycles. The van der Waals surface area contributed by atoms with Crippen molar-refractivity contribution < 1.29 is 13.5 Å². The monoisotopic (exact) mass is 367 g/mol. The molecule has 3 aromatic rings. The Bertz CT molecular complexity index is 945. The molecule has 0 heterocycles. The van der Waals surface area contributed by atoms with Gasteiger partial charge in [-0.05, 0) is 17.2 Å². The third-order valence-corrected chi connectivity index (χ3v) is 6.29. The summed E-state index contributed by atoms with van der Waals surface area (Å²) in [6.07, 6.45) is 0. The highest BCUT2D eigenvalue weighted by Gasteiger charge is 2.38. The van der Waals surface area contributed by atoms with E-state index in [-0.39, 0.29) is 4.90 Å². The predicted molar refractivity (Wildman–Crippen MR) is 102 cm³/mol. The Morgan fingerprint density at radius 1 is 0.731 bits per heavy atom. The van der Waals surface area contributed by atoms with E-state index in [4.69, 9.17) is 0 Å². The molecule has 0 spiro atoms. The van der Waals surface area contributed by atoms with Gasteiger partial charge in [-0.25, -0.2) is 12.7 Å². The molecular formula is C21H21NO3S. The fraction of sp³-hybridized carbons (Fsp3) is 0.143. The molecule has 4 nitrogen and oxygen atoms in total. The lowest BCUT2D eigenvalue weighted by Gasteiger charge is -2.32. The van der Waals surface area contributed by atoms with Gasteiger partial charge >= 0.3 is 0 Å². The molecule has 134 valence electrons. The van der Waals surface area contributed by atoms with E-state index in [9.17, 15) is 13.5 Å². The van der Waals surface area contributed by atoms with Crippen molar-refractivity contribution in [1.82, 2.24) is 4.31 Å². The molecular weight excluding hydrogens is 346 g/mol. The molecule has 0 unspecified atom stereocenters. The molecule has 5 heteroatoms. The Morgan fingerprint density at radius 3 is 1.62 bits per heavy atom. The van der Waals surface area contributed by atoms with E-state index in [1.54, 1.807) is 42.5 Å². The van der Waals surface area contributed by atoms with E-state index in [0.717, 1.165) is 4.31 Å². The van der Waals surface area contributed by atoms with Gasteiger partial charge < -0.3 is 5.11 Å². The Hall–Kier alpha value is -2.47. The lowest BCUT2D eigenvalue weighted by Crippen LogP contribution is -2.33. The second-order valence-corrected chi connectivity index (χ2v) is 8.35. The van der Waals surface area contributed by atoms with Gasteiger partial charge in [0.15, 0.2) is 0 Å². The maximum Gasteiger partial charge on any atom is 0.242 e. The number of benzene rings is 3. The summed E-state index contributed by atoms with van der Waals surface area (Å²) in [4.78, 5) is 0.0835. The molecule has 1 N–H and O–H groups in total. The highest BCUT2D eigenvalue weighted by molar-refractivity contribution is 7.89. The highest BCUT2D eigenvalue weighted by Crippen LogP contribution is 2.39. The lowest BCUT2D eigenvalue weighted by atomic mass is 9.80. The number of aliphatic hydroxyl groups is 1. The molecule has 0 fully saturated rings. The fourth-order valence-corrected chi connectivity index (χ4v) is 4.16. The van der Waals surface area contributed by atoms with Crippen LogP contribution in [-0.2, 0) is 15.6 Å². The minimum absolute atomic E-state index is 0.0835. The number of hydrogen-bond donors (Lipinski definition) is 1. The minimum atomic E-state index is -3.73. The predicted octanol–water partition coefficient (Wildman–Crippen LogP) is 3.22. The van der Waals surface area contributed by atoms with E-state index in [1.165, 1.54) is 20.2 Å². The molecule has 0 amide bonds. The van der Waals surface area contributed by atoms with Crippen molar-refractivity contribution in [3.05, 3.63) is 102 Å². The second kappa shape index (κ2) is 7.03. The van der Waals surface area contributed by atoms with Crippen LogP contribution in [0.15, 0.2) is 89.8 Å². The Balaban J connectivity index is 2.37. The smallest absolute Gasteiger partial charge is 0.242 e. The topological polar surface area (TPSA) is 57.6 Å². The third-order valence-electron chi connectivity index (χ3n) is 4.42. The molecule has 0 atom stereocenters. The molecule has 0 aliphatic heterocycles. The normalized spacial score (nSPS) is 12.3. The molecule has 0 aliphatic carbocycles. The van der Waals surface area contributed by atoms with Crippen LogP contribution in [0.3, 0.4) is 0 Å². The quantitative estimate of drug-likeness (QED) is 0.705. The van der Waals surface area contributed by atoms with Gasteiger partial charge in [-0.15, -0.1) is 0 Å². The van der Waals surface area contributed by atoms with Gasteiger partial charge in [0.2, 0.25) is 10.0 Å². The van der Waals surface area contributed by atoms with Gasteiger partial charge in [0.05, 0.1) is 4.90 Å². The van der Waals surface area contributed by atoms with Crippen molar-refractivity contribution in [1.29, 1.82) is 0 Å². The van der Waals surface area contributed by atoms with Crippen LogP contribution in [0.25, 0.3) is 0 Å². The maximum atomic E-state index is 12.9. The summed E-state index contributed by atoms with van der Waals surface area (Å²) in [6, 6.07) is 24.8. The molecule has 0 bridgehead atoms. The van der Waals surface area contributed by atoms with Crippen LogP contribution in [-0.4, -0.2) is 31.9 Å². The first-order chi connectivity index (χ1) is 12.4. The summed E-state index contributed by atoms with van der Waals surface area (Å²) < 4.78 is 26.9. The molecule has 0 saturated heterocycles. The zero-order valence-corrected chi connectivity index (χ0v) is 15.5. The first kappa shape index (κ1) is 18.3. The third kappa shape index (κ3) is 3.05. The molecule has 3 aromatic carbocycles. The van der Waals surface area contributed by atoms with Crippen LogP contribution in [0, 0.1) is 0 Å². The van der Waals surface area contributed by atoms with E-state index < -0.39 is 15.6 Å². The molecule has 0 radical (unpaired) electrons. The number of rotatable bonds is 5. The van der Waals surface area contributed by atoms with Crippen molar-refractivity contribution in [3.8, 4) is 0 Å². The van der Waals surface area contributed by atoms with Crippen LogP contribution in [0.1, 0.15) is 16.7 Å². The van der Waals surface area contributed by atoms with Crippen LogP contribution in [0.5, 0.6) is 0 Å². The van der Waals surface area contributed by atoms with E-state index in [2.05, 4.69) is 0 Å². The Kier molecular flexibility index (Phi) is 4.96. The van der Waals surface area contributed by atoms with Gasteiger partial charge in [-0.3, -0.25) is 0 Å². The average Bonchev–Trinajstić information content (AvgIpc) is 2.68. The van der Waals surface area contributed by atoms with Crippen molar-refractivity contribution >= 4 is 10.0 Å². The van der Waals surface area contributed by atoms with Crippen molar-refractivity contribution in [2.24, 2.45) is 0 Å². The van der Waals surface area contributed by atoms with E-state index in [0.29, 0.717) is 16.7 Å². The maximum absolute atomic E-state index is 12.9. The SMILES string of the molecule is CN(C)S(=O)(=O)c1ccccc1C(O)(c1ccccc1)c1ccccc1. The Morgan fingerprint density at radius 2 is 1.15 bits per heavy atom. The van der Waals surface area contributed by atoms with Gasteiger partial charge in [-0.2, -0.15) is 0 Å². The summed E-state index contributed by atoms with van der Waals surface area (Å²) in [6.45, 7) is 0. The van der Waals surface area contributed by atoms with Gasteiger partial charge in [0, 0.05) is 19.7 Å². The first-order valence-corrected chi connectivity index (χ1v) is 9.68. The zero-order chi connectivity index (χ0) is 18.8. The second-order valence-electron chi connectivity index (χ2n) is 6.23. The number of hydrogen-bond acceptors (Lipinski definition) is 3. The number of nitrogens with zero attached hydrogens (tertiary/aromatic N) is 1. The summed E-state index contributed by atoms with van der Waals surface area (Å²) in [5, 5.41) is 11.9. The summed E-state index contributed by atoms with van der Waals surface area (Å²) >= 11 is 0. The van der Waals surface area contributed by atoms with Crippen LogP contribution >= 0.6 is 0 Å². The molecule has 0 aliphatic rings. The minimum Gasteiger partial charge on any atom is -0.376 e. The number of sulfonamides is 1. The summed E-state index contributed by atoms with van der Waals surface area (Å²) in [5.74, 6) is 0. The summed E-state index contributed by atoms with van der Waals surface area (Å²) in [5.41, 5.74) is -0.0614. The zero-order valence-electron chi connectivity index (χ0n) is 14.7. The van der Waals surface area contributed by atoms with Crippen LogP contribution < -0.4 is 0 Å². The van der Waals surface area contributed by atoms with Crippen molar-refractivity contribution in [3.63, 3.8) is 0 Å². The van der Waals surface area contributed by atoms with Gasteiger partial charge in [0.25, 0.3) is 0 Å². The lowest BCUT2D eigenvalue weighted by molar-refractivity contribution is 0.122. The van der Waals surface area contributed by atoms with Crippen molar-refractivity contribution in [2.45, 2.75) is 10.5 Å². The van der Waals surface area contributed by atoms with Crippen LogP contribution in [0.2, 0.25) is 0 Å². The first-order valence-electron chi connectivity index (χ1n) is 8.24. The van der Waals surface area contributed by atoms with Crippen molar-refractivity contribution in [2.75, 3.05) is 14.1 Å². The fourth-order valence-electron chi connectivity index (χ4n) is 3.02. The van der Waals surface area contributed by atoms with Gasteiger partial charge in [0.1, 0.15) is 5.60 Å². The standard InChI is InChI=1S/C21H21NO3S/c1-22(2)26(24,25)20-16-10-9-15-19(20)21(23,17-11-5-3-6-12-17)18-13-7-4-8-14-18/h3-16,23H,1-2H3. The molecule has 26 heavy (non-hydrogen) atoms. The average molecular weight is 367 g/mol. The molecule has 0 saturated carbocycles. The summed E-state index contributed by atoms with van der Waals surface area (Å²) in [7, 11) is -0.769. The molecule has 3 rings (SSSR count).